The molecular weight excluding hydrogens is 340 g/mol. The van der Waals surface area contributed by atoms with Crippen LogP contribution in [0.25, 0.3) is 0 Å². The molecule has 0 amide bonds. The van der Waals surface area contributed by atoms with E-state index in [0.717, 1.165) is 62.4 Å². The van der Waals surface area contributed by atoms with Crippen LogP contribution in [0.3, 0.4) is 0 Å². The number of aryl methyl sites for hydroxylation is 1. The number of nitrogens with one attached hydrogen (secondary N) is 2. The van der Waals surface area contributed by atoms with Crippen molar-refractivity contribution in [1.29, 1.82) is 0 Å². The van der Waals surface area contributed by atoms with E-state index in [1.807, 2.05) is 4.68 Å². The number of ether oxygens (including phenoxy) is 1. The largest absolute Gasteiger partial charge is 0.377 e. The molecule has 2 rings (SSSR count). The van der Waals surface area contributed by atoms with Crippen LogP contribution in [0, 0.1) is 5.92 Å². The Morgan fingerprint density at radius 1 is 1.30 bits per heavy atom. The molecule has 7 heteroatoms. The molecule has 1 aromatic heterocycles. The lowest BCUT2D eigenvalue weighted by atomic mass is 10.0. The topological polar surface area (TPSA) is 76.4 Å². The summed E-state index contributed by atoms with van der Waals surface area (Å²) in [6.45, 7) is 9.76. The molecule has 0 aromatic carbocycles. The molecule has 0 saturated carbocycles. The number of hydrogen-bond acceptors (Lipinski definition) is 4. The number of hydrogen-bond donors (Lipinski definition) is 2. The third-order valence-corrected chi connectivity index (χ3v) is 4.82. The van der Waals surface area contributed by atoms with Crippen LogP contribution in [0.1, 0.15) is 70.9 Å². The van der Waals surface area contributed by atoms with E-state index in [-0.39, 0.29) is 0 Å². The Morgan fingerprint density at radius 2 is 2.11 bits per heavy atom. The van der Waals surface area contributed by atoms with Gasteiger partial charge in [-0.1, -0.05) is 39.5 Å². The molecule has 1 unspecified atom stereocenters. The van der Waals surface area contributed by atoms with Gasteiger partial charge in [-0.15, -0.1) is 0 Å². The predicted molar refractivity (Wildman–Crippen MR) is 110 cm³/mol. The summed E-state index contributed by atoms with van der Waals surface area (Å²) < 4.78 is 7.14. The van der Waals surface area contributed by atoms with Crippen molar-refractivity contribution in [2.24, 2.45) is 10.9 Å². The summed E-state index contributed by atoms with van der Waals surface area (Å²) in [5, 5.41) is 11.5. The number of aromatic nitrogens is 3. The minimum absolute atomic E-state index is 0.332. The molecule has 0 spiro atoms. The fourth-order valence-electron chi connectivity index (χ4n) is 3.39. The molecule has 2 N–H and O–H groups in total. The highest BCUT2D eigenvalue weighted by Gasteiger charge is 2.22. The van der Waals surface area contributed by atoms with Gasteiger partial charge in [0.2, 0.25) is 0 Å². The summed E-state index contributed by atoms with van der Waals surface area (Å²) in [5.41, 5.74) is 0. The van der Waals surface area contributed by atoms with Crippen molar-refractivity contribution in [3.05, 3.63) is 11.6 Å². The van der Waals surface area contributed by atoms with E-state index >= 15 is 0 Å². The molecule has 0 fully saturated rings. The SMILES string of the molecule is CCNC(=NCCCCCCC(C)C)NC1CCc2nc(COC)nn2C1. The highest BCUT2D eigenvalue weighted by molar-refractivity contribution is 5.80. The van der Waals surface area contributed by atoms with E-state index in [0.29, 0.717) is 12.6 Å². The Balaban J connectivity index is 1.76. The molecular formula is C20H38N6O. The molecule has 1 aliphatic rings. The Kier molecular flexibility index (Phi) is 9.59. The van der Waals surface area contributed by atoms with Crippen molar-refractivity contribution in [2.75, 3.05) is 20.2 Å². The molecule has 0 radical (unpaired) electrons. The second-order valence-electron chi connectivity index (χ2n) is 7.80. The van der Waals surface area contributed by atoms with Gasteiger partial charge in [0.05, 0.1) is 6.54 Å². The maximum Gasteiger partial charge on any atom is 0.191 e. The van der Waals surface area contributed by atoms with Gasteiger partial charge in [0.25, 0.3) is 0 Å². The number of nitrogens with zero attached hydrogens (tertiary/aromatic N) is 4. The van der Waals surface area contributed by atoms with E-state index in [9.17, 15) is 0 Å². The zero-order valence-electron chi connectivity index (χ0n) is 17.6. The van der Waals surface area contributed by atoms with Gasteiger partial charge < -0.3 is 15.4 Å². The summed E-state index contributed by atoms with van der Waals surface area (Å²) in [6, 6.07) is 0.332. The lowest BCUT2D eigenvalue weighted by Crippen LogP contribution is -2.47. The second-order valence-corrected chi connectivity index (χ2v) is 7.80. The summed E-state index contributed by atoms with van der Waals surface area (Å²) in [4.78, 5) is 9.30. The molecule has 0 saturated heterocycles. The molecule has 1 aliphatic heterocycles. The van der Waals surface area contributed by atoms with Gasteiger partial charge in [0, 0.05) is 32.7 Å². The highest BCUT2D eigenvalue weighted by Crippen LogP contribution is 2.13. The fourth-order valence-corrected chi connectivity index (χ4v) is 3.39. The third kappa shape index (κ3) is 7.87. The number of fused-ring (bicyclic) bond motifs is 1. The number of unbranched alkanes of at least 4 members (excludes halogenated alkanes) is 3. The molecule has 27 heavy (non-hydrogen) atoms. The van der Waals surface area contributed by atoms with Crippen molar-refractivity contribution in [1.82, 2.24) is 25.4 Å². The Bertz CT molecular complexity index is 569. The Morgan fingerprint density at radius 3 is 2.85 bits per heavy atom. The van der Waals surface area contributed by atoms with Gasteiger partial charge in [0.1, 0.15) is 12.4 Å². The zero-order valence-corrected chi connectivity index (χ0v) is 17.6. The van der Waals surface area contributed by atoms with Crippen LogP contribution >= 0.6 is 0 Å². The van der Waals surface area contributed by atoms with Crippen LogP contribution in [-0.4, -0.2) is 47.0 Å². The second kappa shape index (κ2) is 12.0. The van der Waals surface area contributed by atoms with Crippen LogP contribution in [-0.2, 0) is 24.3 Å². The quantitative estimate of drug-likeness (QED) is 0.352. The maximum absolute atomic E-state index is 5.14. The highest BCUT2D eigenvalue weighted by atomic mass is 16.5. The molecule has 1 aromatic rings. The summed E-state index contributed by atoms with van der Waals surface area (Å²) in [7, 11) is 1.67. The van der Waals surface area contributed by atoms with Crippen LogP contribution in [0.4, 0.5) is 0 Å². The van der Waals surface area contributed by atoms with Crippen molar-refractivity contribution in [3.63, 3.8) is 0 Å². The Labute approximate surface area is 164 Å². The number of guanidine groups is 1. The van der Waals surface area contributed by atoms with E-state index < -0.39 is 0 Å². The minimum Gasteiger partial charge on any atom is -0.377 e. The van der Waals surface area contributed by atoms with E-state index in [1.54, 1.807) is 7.11 Å². The van der Waals surface area contributed by atoms with Crippen LogP contribution in [0.2, 0.25) is 0 Å². The van der Waals surface area contributed by atoms with Crippen molar-refractivity contribution < 1.29 is 4.74 Å². The van der Waals surface area contributed by atoms with E-state index in [1.165, 1.54) is 25.7 Å². The first kappa shape index (κ1) is 21.7. The van der Waals surface area contributed by atoms with Crippen molar-refractivity contribution >= 4 is 5.96 Å². The van der Waals surface area contributed by atoms with Gasteiger partial charge in [-0.3, -0.25) is 4.99 Å². The van der Waals surface area contributed by atoms with Gasteiger partial charge >= 0.3 is 0 Å². The average Bonchev–Trinajstić information content (AvgIpc) is 3.02. The molecule has 1 atom stereocenters. The summed E-state index contributed by atoms with van der Waals surface area (Å²) in [6.07, 6.45) is 8.41. The number of rotatable bonds is 11. The Hall–Kier alpha value is -1.63. The fraction of sp³-hybridized carbons (Fsp3) is 0.850. The molecule has 2 heterocycles. The monoisotopic (exact) mass is 378 g/mol. The minimum atomic E-state index is 0.332. The smallest absolute Gasteiger partial charge is 0.191 e. The van der Waals surface area contributed by atoms with Crippen LogP contribution in [0.15, 0.2) is 4.99 Å². The molecule has 154 valence electrons. The van der Waals surface area contributed by atoms with E-state index in [4.69, 9.17) is 9.73 Å². The first-order valence-corrected chi connectivity index (χ1v) is 10.6. The molecule has 0 bridgehead atoms. The summed E-state index contributed by atoms with van der Waals surface area (Å²) in [5.74, 6) is 3.57. The number of methoxy groups -OCH3 is 1. The van der Waals surface area contributed by atoms with Gasteiger partial charge in [-0.05, 0) is 25.7 Å². The van der Waals surface area contributed by atoms with Crippen LogP contribution in [0.5, 0.6) is 0 Å². The van der Waals surface area contributed by atoms with Gasteiger partial charge in [-0.2, -0.15) is 5.10 Å². The van der Waals surface area contributed by atoms with Gasteiger partial charge in [0.15, 0.2) is 11.8 Å². The lowest BCUT2D eigenvalue weighted by Gasteiger charge is -2.25. The first-order chi connectivity index (χ1) is 13.1. The van der Waals surface area contributed by atoms with Gasteiger partial charge in [-0.25, -0.2) is 9.67 Å². The third-order valence-electron chi connectivity index (χ3n) is 4.82. The van der Waals surface area contributed by atoms with Crippen molar-refractivity contribution in [2.45, 2.75) is 84.9 Å². The summed E-state index contributed by atoms with van der Waals surface area (Å²) >= 11 is 0. The van der Waals surface area contributed by atoms with Crippen LogP contribution < -0.4 is 10.6 Å². The zero-order chi connectivity index (χ0) is 19.5. The predicted octanol–water partition coefficient (Wildman–Crippen LogP) is 2.90. The molecule has 7 nitrogen and oxygen atoms in total. The van der Waals surface area contributed by atoms with E-state index in [2.05, 4.69) is 41.5 Å². The molecule has 0 aliphatic carbocycles. The standard InChI is InChI=1S/C20H38N6O/c1-5-21-20(22-13-9-7-6-8-10-16(2)3)23-17-11-12-19-24-18(15-27-4)25-26(19)14-17/h16-17H,5-15H2,1-4H3,(H2,21,22,23). The first-order valence-electron chi connectivity index (χ1n) is 10.6. The maximum atomic E-state index is 5.14. The lowest BCUT2D eigenvalue weighted by molar-refractivity contribution is 0.177. The van der Waals surface area contributed by atoms with Crippen molar-refractivity contribution in [3.8, 4) is 0 Å². The normalized spacial score (nSPS) is 17.2. The number of aliphatic imine (C=N–C) groups is 1. The average molecular weight is 379 g/mol.